The number of alkyl halides is 1. The fourth-order valence-corrected chi connectivity index (χ4v) is 2.45. The van der Waals surface area contributed by atoms with Gasteiger partial charge in [0, 0.05) is 25.9 Å². The van der Waals surface area contributed by atoms with Crippen molar-refractivity contribution in [3.8, 4) is 0 Å². The lowest BCUT2D eigenvalue weighted by Crippen LogP contribution is -2.35. The summed E-state index contributed by atoms with van der Waals surface area (Å²) in [6.45, 7) is 3.07. The molecule has 0 N–H and O–H groups in total. The maximum Gasteiger partial charge on any atom is 0.219 e. The molecular formula is C14H16ClNO. The van der Waals surface area contributed by atoms with Crippen molar-refractivity contribution < 1.29 is 4.79 Å². The second-order valence-corrected chi connectivity index (χ2v) is 4.54. The van der Waals surface area contributed by atoms with Crippen LogP contribution in [0.1, 0.15) is 18.9 Å². The molecule has 90 valence electrons. The van der Waals surface area contributed by atoms with Crippen molar-refractivity contribution in [2.45, 2.75) is 13.3 Å². The monoisotopic (exact) mass is 249 g/mol. The van der Waals surface area contributed by atoms with Crippen molar-refractivity contribution in [3.63, 3.8) is 0 Å². The molecule has 17 heavy (non-hydrogen) atoms. The number of nitrogens with zero attached hydrogens (tertiary/aromatic N) is 1. The van der Waals surface area contributed by atoms with Crippen LogP contribution < -0.4 is 0 Å². The lowest BCUT2D eigenvalue weighted by Gasteiger charge is -2.29. The largest absolute Gasteiger partial charge is 0.339 e. The van der Waals surface area contributed by atoms with Crippen LogP contribution in [0.3, 0.4) is 0 Å². The van der Waals surface area contributed by atoms with Crippen LogP contribution in [-0.2, 0) is 4.79 Å². The summed E-state index contributed by atoms with van der Waals surface area (Å²) in [7, 11) is 0. The minimum atomic E-state index is 0.125. The average molecular weight is 250 g/mol. The molecule has 0 saturated heterocycles. The van der Waals surface area contributed by atoms with Gasteiger partial charge >= 0.3 is 0 Å². The van der Waals surface area contributed by atoms with E-state index < -0.39 is 0 Å². The van der Waals surface area contributed by atoms with Crippen LogP contribution in [-0.4, -0.2) is 29.8 Å². The second-order valence-electron chi connectivity index (χ2n) is 4.27. The Morgan fingerprint density at radius 3 is 2.65 bits per heavy atom. The van der Waals surface area contributed by atoms with E-state index in [1.807, 2.05) is 23.1 Å². The highest BCUT2D eigenvalue weighted by Crippen LogP contribution is 2.27. The molecule has 1 aliphatic heterocycles. The van der Waals surface area contributed by atoms with Gasteiger partial charge in [0.05, 0.1) is 0 Å². The highest BCUT2D eigenvalue weighted by molar-refractivity contribution is 6.20. The van der Waals surface area contributed by atoms with Gasteiger partial charge in [-0.3, -0.25) is 4.79 Å². The normalized spacial score (nSPS) is 16.2. The summed E-state index contributed by atoms with van der Waals surface area (Å²) in [6, 6.07) is 10.3. The van der Waals surface area contributed by atoms with Gasteiger partial charge in [-0.15, -0.1) is 11.6 Å². The molecule has 3 heteroatoms. The van der Waals surface area contributed by atoms with Gasteiger partial charge in [-0.25, -0.2) is 0 Å². The van der Waals surface area contributed by atoms with Crippen molar-refractivity contribution in [2.24, 2.45) is 0 Å². The van der Waals surface area contributed by atoms with Crippen molar-refractivity contribution in [3.05, 3.63) is 41.5 Å². The van der Waals surface area contributed by atoms with Crippen LogP contribution in [0, 0.1) is 0 Å². The first-order chi connectivity index (χ1) is 8.22. The van der Waals surface area contributed by atoms with Crippen LogP contribution in [0.25, 0.3) is 5.57 Å². The molecule has 0 aromatic heterocycles. The molecule has 1 aliphatic rings. The Hall–Kier alpha value is -1.28. The van der Waals surface area contributed by atoms with Crippen molar-refractivity contribution in [2.75, 3.05) is 19.0 Å². The summed E-state index contributed by atoms with van der Waals surface area (Å²) in [6.07, 6.45) is 0.894. The second kappa shape index (κ2) is 5.37. The molecule has 0 spiro atoms. The number of benzene rings is 1. The number of carbonyl (C=O) groups is 1. The summed E-state index contributed by atoms with van der Waals surface area (Å²) in [5.74, 6) is 0.619. The third kappa shape index (κ3) is 2.70. The summed E-state index contributed by atoms with van der Waals surface area (Å²) in [4.78, 5) is 13.2. The fourth-order valence-electron chi connectivity index (χ4n) is 2.21. The predicted octanol–water partition coefficient (Wildman–Crippen LogP) is 2.93. The SMILES string of the molecule is CC(=O)N1CCC(c2ccccc2)=C(CCl)C1. The van der Waals surface area contributed by atoms with Gasteiger partial charge < -0.3 is 4.90 Å². The molecule has 0 atom stereocenters. The molecule has 0 aliphatic carbocycles. The van der Waals surface area contributed by atoms with Crippen LogP contribution in [0.5, 0.6) is 0 Å². The smallest absolute Gasteiger partial charge is 0.219 e. The number of carbonyl (C=O) groups excluding carboxylic acids is 1. The van der Waals surface area contributed by atoms with Crippen LogP contribution in [0.2, 0.25) is 0 Å². The maximum absolute atomic E-state index is 11.4. The zero-order chi connectivity index (χ0) is 12.3. The quantitative estimate of drug-likeness (QED) is 0.738. The first-order valence-corrected chi connectivity index (χ1v) is 6.33. The molecule has 0 bridgehead atoms. The molecular weight excluding hydrogens is 234 g/mol. The number of halogens is 1. The summed E-state index contributed by atoms with van der Waals surface area (Å²) < 4.78 is 0. The van der Waals surface area contributed by atoms with Crippen molar-refractivity contribution >= 4 is 23.1 Å². The average Bonchev–Trinajstić information content (AvgIpc) is 2.39. The van der Waals surface area contributed by atoms with Crippen LogP contribution in [0.15, 0.2) is 35.9 Å². The van der Waals surface area contributed by atoms with Gasteiger partial charge in [-0.1, -0.05) is 30.3 Å². The van der Waals surface area contributed by atoms with E-state index in [0.717, 1.165) is 13.0 Å². The Bertz CT molecular complexity index is 439. The third-order valence-electron chi connectivity index (χ3n) is 3.17. The Balaban J connectivity index is 2.30. The first kappa shape index (κ1) is 12.2. The van der Waals surface area contributed by atoms with E-state index in [0.29, 0.717) is 12.4 Å². The van der Waals surface area contributed by atoms with Gasteiger partial charge in [-0.05, 0) is 23.1 Å². The van der Waals surface area contributed by atoms with Crippen LogP contribution in [0.4, 0.5) is 0 Å². The zero-order valence-corrected chi connectivity index (χ0v) is 10.7. The van der Waals surface area contributed by atoms with Gasteiger partial charge in [0.2, 0.25) is 5.91 Å². The lowest BCUT2D eigenvalue weighted by molar-refractivity contribution is -0.128. The Morgan fingerprint density at radius 1 is 1.35 bits per heavy atom. The Morgan fingerprint density at radius 2 is 2.06 bits per heavy atom. The molecule has 1 amide bonds. The van der Waals surface area contributed by atoms with E-state index in [1.54, 1.807) is 6.92 Å². The number of amides is 1. The molecule has 0 fully saturated rings. The summed E-state index contributed by atoms with van der Waals surface area (Å²) >= 11 is 6.00. The third-order valence-corrected chi connectivity index (χ3v) is 3.49. The highest BCUT2D eigenvalue weighted by Gasteiger charge is 2.20. The molecule has 1 heterocycles. The Kier molecular flexibility index (Phi) is 3.85. The van der Waals surface area contributed by atoms with Crippen LogP contribution >= 0.6 is 11.6 Å². The van der Waals surface area contributed by atoms with E-state index in [4.69, 9.17) is 11.6 Å². The number of hydrogen-bond donors (Lipinski definition) is 0. The minimum Gasteiger partial charge on any atom is -0.339 e. The molecule has 0 saturated carbocycles. The van der Waals surface area contributed by atoms with Gasteiger partial charge in [0.15, 0.2) is 0 Å². The van der Waals surface area contributed by atoms with E-state index in [2.05, 4.69) is 12.1 Å². The predicted molar refractivity (Wildman–Crippen MR) is 71.0 cm³/mol. The van der Waals surface area contributed by atoms with E-state index in [9.17, 15) is 4.79 Å². The number of rotatable bonds is 2. The molecule has 0 unspecified atom stereocenters. The molecule has 2 nitrogen and oxygen atoms in total. The fraction of sp³-hybridized carbons (Fsp3) is 0.357. The highest BCUT2D eigenvalue weighted by atomic mass is 35.5. The molecule has 1 aromatic carbocycles. The lowest BCUT2D eigenvalue weighted by atomic mass is 9.94. The zero-order valence-electron chi connectivity index (χ0n) is 9.95. The van der Waals surface area contributed by atoms with E-state index in [-0.39, 0.29) is 5.91 Å². The Labute approximate surface area is 107 Å². The maximum atomic E-state index is 11.4. The topological polar surface area (TPSA) is 20.3 Å². The van der Waals surface area contributed by atoms with Gasteiger partial charge in [0.1, 0.15) is 0 Å². The summed E-state index contributed by atoms with van der Waals surface area (Å²) in [5.41, 5.74) is 3.70. The van der Waals surface area contributed by atoms with Crippen molar-refractivity contribution in [1.29, 1.82) is 0 Å². The minimum absolute atomic E-state index is 0.125. The van der Waals surface area contributed by atoms with Gasteiger partial charge in [0.25, 0.3) is 0 Å². The van der Waals surface area contributed by atoms with E-state index >= 15 is 0 Å². The first-order valence-electron chi connectivity index (χ1n) is 5.80. The summed E-state index contributed by atoms with van der Waals surface area (Å²) in [5, 5.41) is 0. The van der Waals surface area contributed by atoms with E-state index in [1.165, 1.54) is 16.7 Å². The molecule has 1 aromatic rings. The number of hydrogen-bond acceptors (Lipinski definition) is 1. The molecule has 0 radical (unpaired) electrons. The molecule has 2 rings (SSSR count). The van der Waals surface area contributed by atoms with Gasteiger partial charge in [-0.2, -0.15) is 0 Å². The standard InChI is InChI=1S/C14H16ClNO/c1-11(17)16-8-7-14(13(9-15)10-16)12-5-3-2-4-6-12/h2-6H,7-10H2,1H3. The van der Waals surface area contributed by atoms with Crippen molar-refractivity contribution in [1.82, 2.24) is 4.90 Å².